The maximum absolute atomic E-state index is 12.7. The van der Waals surface area contributed by atoms with Crippen molar-refractivity contribution in [2.24, 2.45) is 4.99 Å². The van der Waals surface area contributed by atoms with Gasteiger partial charge in [0.15, 0.2) is 5.96 Å². The molecule has 0 unspecified atom stereocenters. The Balaban J connectivity index is 1.93. The van der Waals surface area contributed by atoms with E-state index in [0.29, 0.717) is 23.6 Å². The van der Waals surface area contributed by atoms with Gasteiger partial charge in [-0.3, -0.25) is 0 Å². The fourth-order valence-electron chi connectivity index (χ4n) is 3.11. The largest absolute Gasteiger partial charge is 0.416 e. The van der Waals surface area contributed by atoms with Gasteiger partial charge in [0.1, 0.15) is 6.54 Å². The lowest BCUT2D eigenvalue weighted by molar-refractivity contribution is -0.137. The summed E-state index contributed by atoms with van der Waals surface area (Å²) in [7, 11) is 0. The second-order valence-corrected chi connectivity index (χ2v) is 7.12. The van der Waals surface area contributed by atoms with Gasteiger partial charge >= 0.3 is 6.18 Å². The predicted octanol–water partition coefficient (Wildman–Crippen LogP) is 3.48. The van der Waals surface area contributed by atoms with Crippen molar-refractivity contribution >= 4 is 5.96 Å². The molecular weight excluding hydrogens is 365 g/mol. The van der Waals surface area contributed by atoms with Crippen molar-refractivity contribution in [3.8, 4) is 11.8 Å². The molecule has 0 radical (unpaired) electrons. The monoisotopic (exact) mass is 394 g/mol. The first kappa shape index (κ1) is 22.1. The lowest BCUT2D eigenvalue weighted by Crippen LogP contribution is -2.49. The molecule has 1 aliphatic rings. The molecule has 2 rings (SSSR count). The number of hydrogen-bond donors (Lipinski definition) is 2. The zero-order chi connectivity index (χ0) is 20.6. The molecule has 1 heterocycles. The number of nitrogens with zero attached hydrogens (tertiary/aromatic N) is 2. The quantitative estimate of drug-likeness (QED) is 0.467. The van der Waals surface area contributed by atoms with Crippen LogP contribution in [0.1, 0.15) is 44.7 Å². The number of guanidine groups is 1. The Labute approximate surface area is 165 Å². The summed E-state index contributed by atoms with van der Waals surface area (Å²) in [6.45, 7) is 9.49. The zero-order valence-electron chi connectivity index (χ0n) is 16.7. The van der Waals surface area contributed by atoms with Crippen molar-refractivity contribution < 1.29 is 13.2 Å². The molecule has 1 aromatic rings. The van der Waals surface area contributed by atoms with Gasteiger partial charge in [-0.1, -0.05) is 17.9 Å². The number of piperidine rings is 1. The first-order chi connectivity index (χ1) is 13.3. The molecule has 1 aromatic carbocycles. The van der Waals surface area contributed by atoms with Crippen molar-refractivity contribution in [2.45, 2.75) is 51.9 Å². The van der Waals surface area contributed by atoms with Crippen molar-refractivity contribution in [3.05, 3.63) is 35.4 Å². The molecule has 154 valence electrons. The normalized spacial score (nSPS) is 16.6. The summed E-state index contributed by atoms with van der Waals surface area (Å²) < 4.78 is 38.2. The van der Waals surface area contributed by atoms with Crippen LogP contribution < -0.4 is 10.6 Å². The Hall–Kier alpha value is -2.20. The summed E-state index contributed by atoms with van der Waals surface area (Å²) in [5.41, 5.74) is -0.352. The van der Waals surface area contributed by atoms with Gasteiger partial charge in [0.05, 0.1) is 5.56 Å². The van der Waals surface area contributed by atoms with E-state index in [2.05, 4.69) is 46.2 Å². The van der Waals surface area contributed by atoms with E-state index < -0.39 is 11.7 Å². The van der Waals surface area contributed by atoms with Crippen LogP contribution in [0.5, 0.6) is 0 Å². The Morgan fingerprint density at radius 2 is 2.00 bits per heavy atom. The Kier molecular flexibility index (Phi) is 8.18. The van der Waals surface area contributed by atoms with E-state index in [-0.39, 0.29) is 6.54 Å². The average molecular weight is 394 g/mol. The van der Waals surface area contributed by atoms with Crippen LogP contribution >= 0.6 is 0 Å². The second-order valence-electron chi connectivity index (χ2n) is 7.12. The van der Waals surface area contributed by atoms with Crippen LogP contribution in [-0.4, -0.2) is 49.1 Å². The van der Waals surface area contributed by atoms with Gasteiger partial charge < -0.3 is 15.5 Å². The van der Waals surface area contributed by atoms with Crippen LogP contribution in [0.2, 0.25) is 0 Å². The highest BCUT2D eigenvalue weighted by molar-refractivity contribution is 5.80. The number of halogens is 3. The summed E-state index contributed by atoms with van der Waals surface area (Å²) in [5.74, 6) is 6.29. The van der Waals surface area contributed by atoms with E-state index in [1.807, 2.05) is 6.92 Å². The lowest BCUT2D eigenvalue weighted by Gasteiger charge is -2.35. The molecule has 1 fully saturated rings. The Bertz CT molecular complexity index is 708. The minimum Gasteiger partial charge on any atom is -0.357 e. The molecule has 0 amide bonds. The fraction of sp³-hybridized carbons (Fsp3) is 0.571. The number of alkyl halides is 3. The average Bonchev–Trinajstić information content (AvgIpc) is 2.65. The number of aliphatic imine (C=N–C) groups is 1. The minimum atomic E-state index is -4.36. The second kappa shape index (κ2) is 10.4. The fourth-order valence-corrected chi connectivity index (χ4v) is 3.11. The van der Waals surface area contributed by atoms with Gasteiger partial charge in [0, 0.05) is 37.3 Å². The number of likely N-dealkylation sites (tertiary alicyclic amines) is 1. The third-order valence-corrected chi connectivity index (χ3v) is 4.68. The summed E-state index contributed by atoms with van der Waals surface area (Å²) in [5, 5.41) is 6.64. The van der Waals surface area contributed by atoms with Crippen molar-refractivity contribution in [3.63, 3.8) is 0 Å². The number of rotatable bonds is 4. The van der Waals surface area contributed by atoms with Crippen molar-refractivity contribution in [1.82, 2.24) is 15.5 Å². The highest BCUT2D eigenvalue weighted by Crippen LogP contribution is 2.29. The van der Waals surface area contributed by atoms with E-state index in [4.69, 9.17) is 0 Å². The summed E-state index contributed by atoms with van der Waals surface area (Å²) in [6, 6.07) is 5.96. The maximum atomic E-state index is 12.7. The lowest BCUT2D eigenvalue weighted by atomic mass is 10.0. The van der Waals surface area contributed by atoms with E-state index in [1.54, 1.807) is 6.07 Å². The van der Waals surface area contributed by atoms with Crippen LogP contribution in [0.3, 0.4) is 0 Å². The molecule has 2 N–H and O–H groups in total. The number of hydrogen-bond acceptors (Lipinski definition) is 2. The minimum absolute atomic E-state index is 0.219. The molecule has 1 aliphatic heterocycles. The third-order valence-electron chi connectivity index (χ3n) is 4.68. The Morgan fingerprint density at radius 3 is 2.61 bits per heavy atom. The zero-order valence-corrected chi connectivity index (χ0v) is 16.7. The molecule has 7 heteroatoms. The third kappa shape index (κ3) is 7.08. The summed E-state index contributed by atoms with van der Waals surface area (Å²) in [4.78, 5) is 6.89. The molecule has 0 atom stereocenters. The van der Waals surface area contributed by atoms with E-state index in [0.717, 1.165) is 44.6 Å². The maximum Gasteiger partial charge on any atom is 0.416 e. The van der Waals surface area contributed by atoms with Gasteiger partial charge in [-0.15, -0.1) is 0 Å². The topological polar surface area (TPSA) is 39.7 Å². The molecule has 4 nitrogen and oxygen atoms in total. The van der Waals surface area contributed by atoms with Gasteiger partial charge in [-0.05, 0) is 51.8 Å². The van der Waals surface area contributed by atoms with Crippen LogP contribution in [0.4, 0.5) is 13.2 Å². The molecule has 0 spiro atoms. The molecule has 0 bridgehead atoms. The predicted molar refractivity (Wildman–Crippen MR) is 107 cm³/mol. The van der Waals surface area contributed by atoms with Gasteiger partial charge in [0.25, 0.3) is 0 Å². The molecular formula is C21H29F3N4. The molecule has 0 aromatic heterocycles. The van der Waals surface area contributed by atoms with Gasteiger partial charge in [-0.25, -0.2) is 4.99 Å². The summed E-state index contributed by atoms with van der Waals surface area (Å²) >= 11 is 0. The van der Waals surface area contributed by atoms with E-state index >= 15 is 0 Å². The van der Waals surface area contributed by atoms with Crippen LogP contribution in [-0.2, 0) is 6.18 Å². The van der Waals surface area contributed by atoms with Gasteiger partial charge in [0.2, 0.25) is 0 Å². The first-order valence-electron chi connectivity index (χ1n) is 9.74. The molecule has 0 saturated carbocycles. The van der Waals surface area contributed by atoms with Crippen LogP contribution in [0.25, 0.3) is 0 Å². The first-order valence-corrected chi connectivity index (χ1v) is 9.74. The SMILES string of the molecule is CCNC(=NCC#Cc1cccc(C(F)(F)F)c1)NC1CCN(C(C)C)CC1. The molecule has 1 saturated heterocycles. The van der Waals surface area contributed by atoms with Crippen molar-refractivity contribution in [2.75, 3.05) is 26.2 Å². The Morgan fingerprint density at radius 1 is 1.29 bits per heavy atom. The van der Waals surface area contributed by atoms with Crippen molar-refractivity contribution in [1.29, 1.82) is 0 Å². The molecule has 28 heavy (non-hydrogen) atoms. The summed E-state index contributed by atoms with van der Waals surface area (Å²) in [6.07, 6.45) is -2.25. The highest BCUT2D eigenvalue weighted by Gasteiger charge is 2.30. The smallest absolute Gasteiger partial charge is 0.357 e. The van der Waals surface area contributed by atoms with Gasteiger partial charge in [-0.2, -0.15) is 13.2 Å². The standard InChI is InChI=1S/C21H29F3N4/c1-4-25-20(27-19-10-13-28(14-11-19)16(2)3)26-12-6-8-17-7-5-9-18(15-17)21(22,23)24/h5,7,9,15-16,19H,4,10-14H2,1-3H3,(H2,25,26,27). The van der Waals surface area contributed by atoms with Crippen LogP contribution in [0, 0.1) is 11.8 Å². The number of benzene rings is 1. The number of nitrogens with one attached hydrogen (secondary N) is 2. The van der Waals surface area contributed by atoms with E-state index in [9.17, 15) is 13.2 Å². The van der Waals surface area contributed by atoms with E-state index in [1.165, 1.54) is 6.07 Å². The molecule has 0 aliphatic carbocycles. The van der Waals surface area contributed by atoms with Crippen LogP contribution in [0.15, 0.2) is 29.3 Å². The highest BCUT2D eigenvalue weighted by atomic mass is 19.4.